The zero-order valence-corrected chi connectivity index (χ0v) is 11.7. The van der Waals surface area contributed by atoms with E-state index in [2.05, 4.69) is 15.6 Å². The zero-order chi connectivity index (χ0) is 15.4. The summed E-state index contributed by atoms with van der Waals surface area (Å²) >= 11 is 5.62. The van der Waals surface area contributed by atoms with Crippen molar-refractivity contribution in [3.05, 3.63) is 33.1 Å². The van der Waals surface area contributed by atoms with Gasteiger partial charge in [0.1, 0.15) is 5.56 Å². The third kappa shape index (κ3) is 4.12. The molecule has 0 saturated heterocycles. The minimum atomic E-state index is -0.760. The molecule has 9 heteroatoms. The monoisotopic (exact) mass is 312 g/mol. The Kier molecular flexibility index (Phi) is 4.69. The van der Waals surface area contributed by atoms with Gasteiger partial charge in [-0.2, -0.15) is 0 Å². The maximum absolute atomic E-state index is 11.9. The molecule has 112 valence electrons. The molecule has 0 aromatic carbocycles. The van der Waals surface area contributed by atoms with Crippen molar-refractivity contribution in [2.75, 3.05) is 6.54 Å². The number of nitrogens with zero attached hydrogens (tertiary/aromatic N) is 2. The van der Waals surface area contributed by atoms with Crippen LogP contribution in [0.1, 0.15) is 29.6 Å². The highest BCUT2D eigenvalue weighted by Crippen LogP contribution is 2.25. The van der Waals surface area contributed by atoms with E-state index in [0.717, 1.165) is 12.8 Å². The highest BCUT2D eigenvalue weighted by atomic mass is 35.5. The Morgan fingerprint density at radius 1 is 1.48 bits per heavy atom. The second kappa shape index (κ2) is 6.49. The second-order valence-corrected chi connectivity index (χ2v) is 4.96. The van der Waals surface area contributed by atoms with Crippen molar-refractivity contribution in [3.63, 3.8) is 0 Å². The Labute approximate surface area is 125 Å². The quantitative estimate of drug-likeness (QED) is 0.463. The zero-order valence-electron chi connectivity index (χ0n) is 11.0. The molecule has 1 heterocycles. The number of pyridine rings is 1. The van der Waals surface area contributed by atoms with Crippen LogP contribution in [-0.2, 0) is 4.79 Å². The van der Waals surface area contributed by atoms with Gasteiger partial charge in [-0.25, -0.2) is 4.98 Å². The number of nitro groups is 1. The fraction of sp³-hybridized carbons (Fsp3) is 0.417. The van der Waals surface area contributed by atoms with E-state index in [1.54, 1.807) is 0 Å². The van der Waals surface area contributed by atoms with Gasteiger partial charge in [-0.1, -0.05) is 11.6 Å². The van der Waals surface area contributed by atoms with Gasteiger partial charge in [-0.3, -0.25) is 19.7 Å². The maximum atomic E-state index is 11.9. The first-order chi connectivity index (χ1) is 9.99. The van der Waals surface area contributed by atoms with E-state index in [0.29, 0.717) is 0 Å². The first-order valence-corrected chi connectivity index (χ1v) is 6.73. The maximum Gasteiger partial charge on any atom is 0.319 e. The topological polar surface area (TPSA) is 114 Å². The lowest BCUT2D eigenvalue weighted by Gasteiger charge is -2.06. The summed E-state index contributed by atoms with van der Waals surface area (Å²) < 4.78 is 0. The van der Waals surface area contributed by atoms with Crippen molar-refractivity contribution in [1.29, 1.82) is 0 Å². The Morgan fingerprint density at radius 3 is 2.81 bits per heavy atom. The van der Waals surface area contributed by atoms with E-state index < -0.39 is 16.5 Å². The van der Waals surface area contributed by atoms with E-state index in [4.69, 9.17) is 11.6 Å². The smallest absolute Gasteiger partial charge is 0.319 e. The molecule has 0 unspecified atom stereocenters. The predicted molar refractivity (Wildman–Crippen MR) is 74.0 cm³/mol. The number of carbonyl (C=O) groups is 2. The molecule has 0 spiro atoms. The van der Waals surface area contributed by atoms with Gasteiger partial charge in [0.25, 0.3) is 5.91 Å². The lowest BCUT2D eigenvalue weighted by molar-refractivity contribution is -0.385. The number of amides is 2. The second-order valence-electron chi connectivity index (χ2n) is 4.60. The normalized spacial score (nSPS) is 13.6. The highest BCUT2D eigenvalue weighted by molar-refractivity contribution is 6.32. The molecular formula is C12H13ClN4O4. The minimum Gasteiger partial charge on any atom is -0.353 e. The van der Waals surface area contributed by atoms with Crippen LogP contribution >= 0.6 is 11.6 Å². The number of nitrogens with one attached hydrogen (secondary N) is 2. The lowest BCUT2D eigenvalue weighted by atomic mass is 10.2. The summed E-state index contributed by atoms with van der Waals surface area (Å²) in [5.74, 6) is -0.815. The van der Waals surface area contributed by atoms with Crippen molar-refractivity contribution in [2.24, 2.45) is 0 Å². The number of hydrogen-bond acceptors (Lipinski definition) is 5. The van der Waals surface area contributed by atoms with E-state index in [1.807, 2.05) is 0 Å². The Balaban J connectivity index is 1.92. The average molecular weight is 313 g/mol. The summed E-state index contributed by atoms with van der Waals surface area (Å²) in [6.07, 6.45) is 3.30. The molecule has 1 fully saturated rings. The number of halogens is 1. The molecule has 2 amide bonds. The molecule has 1 aromatic heterocycles. The largest absolute Gasteiger partial charge is 0.353 e. The van der Waals surface area contributed by atoms with Gasteiger partial charge >= 0.3 is 5.69 Å². The molecule has 1 aromatic rings. The van der Waals surface area contributed by atoms with Crippen molar-refractivity contribution in [3.8, 4) is 0 Å². The number of aromatic nitrogens is 1. The Hall–Kier alpha value is -2.22. The Bertz CT molecular complexity index is 589. The molecule has 1 aliphatic rings. The third-order valence-corrected chi connectivity index (χ3v) is 3.16. The lowest BCUT2D eigenvalue weighted by Crippen LogP contribution is -2.32. The van der Waals surface area contributed by atoms with Crippen molar-refractivity contribution < 1.29 is 14.5 Å². The van der Waals surface area contributed by atoms with Crippen LogP contribution in [0.2, 0.25) is 5.15 Å². The first-order valence-electron chi connectivity index (χ1n) is 6.35. The molecule has 0 atom stereocenters. The highest BCUT2D eigenvalue weighted by Gasteiger charge is 2.25. The summed E-state index contributed by atoms with van der Waals surface area (Å²) in [5.41, 5.74) is -0.721. The summed E-state index contributed by atoms with van der Waals surface area (Å²) in [5, 5.41) is 15.8. The summed E-state index contributed by atoms with van der Waals surface area (Å²) in [6, 6.07) is 1.47. The molecule has 8 nitrogen and oxygen atoms in total. The number of hydrogen-bond donors (Lipinski definition) is 2. The van der Waals surface area contributed by atoms with E-state index >= 15 is 0 Å². The third-order valence-electron chi connectivity index (χ3n) is 2.89. The average Bonchev–Trinajstić information content (AvgIpc) is 3.21. The molecule has 1 aliphatic carbocycles. The standard InChI is InChI=1S/C12H13ClN4O4/c13-11-10(17(20)21)8(3-5-14-11)12(19)15-6-4-9(18)16-7-1-2-7/h3,5,7H,1-2,4,6H2,(H,15,19)(H,16,18). The molecule has 2 N–H and O–H groups in total. The fourth-order valence-electron chi connectivity index (χ4n) is 1.70. The van der Waals surface area contributed by atoms with Gasteiger partial charge < -0.3 is 10.6 Å². The van der Waals surface area contributed by atoms with E-state index in [-0.39, 0.29) is 35.6 Å². The predicted octanol–water partition coefficient (Wildman–Crippen LogP) is 1.04. The van der Waals surface area contributed by atoms with Crippen LogP contribution in [0.25, 0.3) is 0 Å². The van der Waals surface area contributed by atoms with E-state index in [1.165, 1.54) is 12.3 Å². The van der Waals surface area contributed by atoms with Crippen LogP contribution < -0.4 is 10.6 Å². The van der Waals surface area contributed by atoms with Crippen molar-refractivity contribution in [2.45, 2.75) is 25.3 Å². The van der Waals surface area contributed by atoms with Crippen molar-refractivity contribution in [1.82, 2.24) is 15.6 Å². The van der Waals surface area contributed by atoms with Gasteiger partial charge in [0, 0.05) is 25.2 Å². The first kappa shape index (κ1) is 15.2. The van der Waals surface area contributed by atoms with Crippen LogP contribution in [0.3, 0.4) is 0 Å². The molecule has 21 heavy (non-hydrogen) atoms. The summed E-state index contributed by atoms with van der Waals surface area (Å²) in [7, 11) is 0. The van der Waals surface area contributed by atoms with Crippen LogP contribution in [0.5, 0.6) is 0 Å². The van der Waals surface area contributed by atoms with E-state index in [9.17, 15) is 19.7 Å². The molecule has 0 bridgehead atoms. The molecular weight excluding hydrogens is 300 g/mol. The van der Waals surface area contributed by atoms with Crippen LogP contribution in [0.4, 0.5) is 5.69 Å². The van der Waals surface area contributed by atoms with Gasteiger partial charge in [-0.15, -0.1) is 0 Å². The van der Waals surface area contributed by atoms with Gasteiger partial charge in [0.15, 0.2) is 0 Å². The van der Waals surface area contributed by atoms with Crippen LogP contribution in [0, 0.1) is 10.1 Å². The summed E-state index contributed by atoms with van der Waals surface area (Å²) in [4.78, 5) is 37.0. The molecule has 1 saturated carbocycles. The van der Waals surface area contributed by atoms with Crippen LogP contribution in [-0.4, -0.2) is 34.3 Å². The Morgan fingerprint density at radius 2 is 2.19 bits per heavy atom. The minimum absolute atomic E-state index is 0.0917. The van der Waals surface area contributed by atoms with Gasteiger partial charge in [-0.05, 0) is 18.9 Å². The SMILES string of the molecule is O=C(CCNC(=O)c1ccnc(Cl)c1[N+](=O)[O-])NC1CC1. The fourth-order valence-corrected chi connectivity index (χ4v) is 1.92. The van der Waals surface area contributed by atoms with Crippen LogP contribution in [0.15, 0.2) is 12.3 Å². The summed E-state index contributed by atoms with van der Waals surface area (Å²) in [6.45, 7) is 0.0917. The van der Waals surface area contributed by atoms with Crippen molar-refractivity contribution >= 4 is 29.1 Å². The number of rotatable bonds is 6. The molecule has 2 rings (SSSR count). The van der Waals surface area contributed by atoms with Gasteiger partial charge in [0.05, 0.1) is 4.92 Å². The number of carbonyl (C=O) groups excluding carboxylic acids is 2. The molecule has 0 radical (unpaired) electrons. The molecule has 0 aliphatic heterocycles. The van der Waals surface area contributed by atoms with Gasteiger partial charge in [0.2, 0.25) is 11.1 Å².